The second-order valence-corrected chi connectivity index (χ2v) is 7.53. The van der Waals surface area contributed by atoms with Crippen molar-refractivity contribution in [3.8, 4) is 0 Å². The molecule has 0 unspecified atom stereocenters. The molecule has 5 nitrogen and oxygen atoms in total. The van der Waals surface area contributed by atoms with Crippen LogP contribution in [-0.4, -0.2) is 14.9 Å². The lowest BCUT2D eigenvalue weighted by atomic mass is 10.0. The van der Waals surface area contributed by atoms with Crippen LogP contribution in [0.2, 0.25) is 0 Å². The Morgan fingerprint density at radius 1 is 0.792 bits per heavy atom. The van der Waals surface area contributed by atoms with Crippen molar-refractivity contribution in [1.82, 2.24) is 9.13 Å². The Morgan fingerprint density at radius 3 is 1.62 bits per heavy atom. The molecular weight excluding hydrogens is 344 g/mol. The van der Waals surface area contributed by atoms with E-state index in [9.17, 15) is 14.4 Å². The molecule has 0 fully saturated rings. The normalized spacial score (nSPS) is 11.4. The van der Waals surface area contributed by atoms with Gasteiger partial charge in [0.15, 0.2) is 5.78 Å². The highest BCUT2D eigenvalue weighted by atomic mass is 32.1. The summed E-state index contributed by atoms with van der Waals surface area (Å²) in [5.74, 6) is -0.129. The number of aryl methyl sites for hydroxylation is 2. The van der Waals surface area contributed by atoms with Crippen LogP contribution in [-0.2, 0) is 14.1 Å². The fourth-order valence-electron chi connectivity index (χ4n) is 2.70. The molecule has 0 saturated heterocycles. The molecule has 0 aliphatic heterocycles. The van der Waals surface area contributed by atoms with Crippen LogP contribution >= 0.6 is 22.7 Å². The highest BCUT2D eigenvalue weighted by Crippen LogP contribution is 2.23. The maximum absolute atomic E-state index is 12.8. The van der Waals surface area contributed by atoms with Gasteiger partial charge in [0, 0.05) is 25.2 Å². The molecule has 4 rings (SSSR count). The van der Waals surface area contributed by atoms with Crippen molar-refractivity contribution < 1.29 is 4.79 Å². The van der Waals surface area contributed by atoms with E-state index in [2.05, 4.69) is 0 Å². The zero-order chi connectivity index (χ0) is 17.0. The zero-order valence-corrected chi connectivity index (χ0v) is 14.5. The minimum Gasteiger partial charge on any atom is -0.302 e. The minimum absolute atomic E-state index is 0.0516. The van der Waals surface area contributed by atoms with Gasteiger partial charge in [-0.25, -0.2) is 0 Å². The minimum atomic E-state index is -0.129. The first-order valence-electron chi connectivity index (χ1n) is 7.19. The first-order valence-corrected chi connectivity index (χ1v) is 8.83. The molecule has 0 amide bonds. The lowest BCUT2D eigenvalue weighted by Gasteiger charge is -2.03. The van der Waals surface area contributed by atoms with Gasteiger partial charge in [-0.3, -0.25) is 14.4 Å². The molecule has 0 aliphatic rings. The second kappa shape index (κ2) is 5.25. The van der Waals surface area contributed by atoms with Gasteiger partial charge in [0.25, 0.3) is 0 Å². The molecule has 4 aromatic rings. The third-order valence-corrected chi connectivity index (χ3v) is 6.13. The van der Waals surface area contributed by atoms with Crippen molar-refractivity contribution in [3.05, 3.63) is 66.9 Å². The van der Waals surface area contributed by atoms with Crippen molar-refractivity contribution >= 4 is 48.9 Å². The number of benzene rings is 2. The van der Waals surface area contributed by atoms with E-state index in [1.165, 1.54) is 0 Å². The van der Waals surface area contributed by atoms with E-state index in [4.69, 9.17) is 0 Å². The first-order chi connectivity index (χ1) is 11.5. The van der Waals surface area contributed by atoms with E-state index in [1.54, 1.807) is 59.6 Å². The van der Waals surface area contributed by atoms with Crippen molar-refractivity contribution in [2.75, 3.05) is 0 Å². The number of nitrogens with zero attached hydrogens (tertiary/aromatic N) is 2. The van der Waals surface area contributed by atoms with Crippen molar-refractivity contribution in [2.45, 2.75) is 0 Å². The summed E-state index contributed by atoms with van der Waals surface area (Å²) in [6.07, 6.45) is 0. The van der Waals surface area contributed by atoms with Gasteiger partial charge in [-0.1, -0.05) is 22.7 Å². The molecule has 0 saturated carbocycles. The maximum atomic E-state index is 12.8. The van der Waals surface area contributed by atoms with Gasteiger partial charge in [-0.05, 0) is 36.4 Å². The SMILES string of the molecule is Cn1c(=O)sc2ccc(C(=O)c3ccc4sc(=O)n(C)c4c3)cc21. The van der Waals surface area contributed by atoms with E-state index in [0.29, 0.717) is 11.1 Å². The molecule has 120 valence electrons. The summed E-state index contributed by atoms with van der Waals surface area (Å²) < 4.78 is 4.80. The average Bonchev–Trinajstić information content (AvgIpc) is 3.03. The summed E-state index contributed by atoms with van der Waals surface area (Å²) >= 11 is 2.32. The second-order valence-electron chi connectivity index (χ2n) is 5.55. The molecule has 2 aromatic heterocycles. The Hall–Kier alpha value is -2.51. The first kappa shape index (κ1) is 15.0. The molecule has 0 spiro atoms. The fraction of sp³-hybridized carbons (Fsp3) is 0.118. The van der Waals surface area contributed by atoms with Crippen LogP contribution in [0.1, 0.15) is 15.9 Å². The number of fused-ring (bicyclic) bond motifs is 2. The topological polar surface area (TPSA) is 61.1 Å². The van der Waals surface area contributed by atoms with E-state index < -0.39 is 0 Å². The maximum Gasteiger partial charge on any atom is 0.307 e. The van der Waals surface area contributed by atoms with E-state index in [0.717, 1.165) is 43.1 Å². The molecule has 2 aromatic carbocycles. The number of hydrogen-bond acceptors (Lipinski definition) is 5. The van der Waals surface area contributed by atoms with E-state index >= 15 is 0 Å². The number of carbonyl (C=O) groups is 1. The zero-order valence-electron chi connectivity index (χ0n) is 12.9. The van der Waals surface area contributed by atoms with Crippen LogP contribution in [0.15, 0.2) is 46.0 Å². The van der Waals surface area contributed by atoms with Crippen molar-refractivity contribution in [3.63, 3.8) is 0 Å². The summed E-state index contributed by atoms with van der Waals surface area (Å²) in [6, 6.07) is 10.6. The Morgan fingerprint density at radius 2 is 1.21 bits per heavy atom. The summed E-state index contributed by atoms with van der Waals surface area (Å²) in [4.78, 5) is 36.2. The monoisotopic (exact) mass is 356 g/mol. The number of carbonyl (C=O) groups excluding carboxylic acids is 1. The Labute approximate surface area is 144 Å². The van der Waals surface area contributed by atoms with Crippen molar-refractivity contribution in [1.29, 1.82) is 0 Å². The molecule has 0 aliphatic carbocycles. The van der Waals surface area contributed by atoms with Crippen LogP contribution < -0.4 is 9.75 Å². The summed E-state index contributed by atoms with van der Waals surface area (Å²) in [5.41, 5.74) is 2.55. The molecule has 0 radical (unpaired) electrons. The quantitative estimate of drug-likeness (QED) is 0.519. The smallest absolute Gasteiger partial charge is 0.302 e. The van der Waals surface area contributed by atoms with Gasteiger partial charge in [-0.2, -0.15) is 0 Å². The number of hydrogen-bond donors (Lipinski definition) is 0. The summed E-state index contributed by atoms with van der Waals surface area (Å²) in [7, 11) is 3.39. The molecule has 0 N–H and O–H groups in total. The summed E-state index contributed by atoms with van der Waals surface area (Å²) in [6.45, 7) is 0. The number of aromatic nitrogens is 2. The third kappa shape index (κ3) is 2.16. The molecule has 7 heteroatoms. The molecule has 0 atom stereocenters. The average molecular weight is 356 g/mol. The van der Waals surface area contributed by atoms with Crippen LogP contribution in [0.5, 0.6) is 0 Å². The van der Waals surface area contributed by atoms with Gasteiger partial charge in [0.2, 0.25) is 0 Å². The molecule has 24 heavy (non-hydrogen) atoms. The van der Waals surface area contributed by atoms with Crippen LogP contribution in [0.4, 0.5) is 0 Å². The van der Waals surface area contributed by atoms with Crippen LogP contribution in [0, 0.1) is 0 Å². The third-order valence-electron chi connectivity index (χ3n) is 4.11. The standard InChI is InChI=1S/C17H12N2O3S2/c1-18-11-7-9(3-5-13(11)23-16(18)21)15(20)10-4-6-14-12(8-10)19(2)17(22)24-14/h3-8H,1-2H3. The number of rotatable bonds is 2. The Balaban J connectivity index is 1.86. The van der Waals surface area contributed by atoms with Crippen LogP contribution in [0.3, 0.4) is 0 Å². The highest BCUT2D eigenvalue weighted by molar-refractivity contribution is 7.16. The molecule has 2 heterocycles. The Kier molecular flexibility index (Phi) is 3.29. The van der Waals surface area contributed by atoms with E-state index in [-0.39, 0.29) is 15.5 Å². The van der Waals surface area contributed by atoms with Crippen LogP contribution in [0.25, 0.3) is 20.4 Å². The van der Waals surface area contributed by atoms with Gasteiger partial charge < -0.3 is 9.13 Å². The van der Waals surface area contributed by atoms with E-state index in [1.807, 2.05) is 0 Å². The van der Waals surface area contributed by atoms with Gasteiger partial charge in [0.1, 0.15) is 0 Å². The largest absolute Gasteiger partial charge is 0.307 e. The predicted molar refractivity (Wildman–Crippen MR) is 97.6 cm³/mol. The van der Waals surface area contributed by atoms with Gasteiger partial charge >= 0.3 is 9.75 Å². The summed E-state index contributed by atoms with van der Waals surface area (Å²) in [5, 5.41) is 0. The lowest BCUT2D eigenvalue weighted by Crippen LogP contribution is -2.08. The Bertz CT molecular complexity index is 1140. The van der Waals surface area contributed by atoms with Gasteiger partial charge in [-0.15, -0.1) is 0 Å². The highest BCUT2D eigenvalue weighted by Gasteiger charge is 2.14. The van der Waals surface area contributed by atoms with Crippen molar-refractivity contribution in [2.24, 2.45) is 14.1 Å². The molecular formula is C17H12N2O3S2. The lowest BCUT2D eigenvalue weighted by molar-refractivity contribution is 0.103. The fourth-order valence-corrected chi connectivity index (χ4v) is 4.42. The number of thiazole rings is 2. The number of ketones is 1. The predicted octanol–water partition coefficient (Wildman–Crippen LogP) is 2.74. The van der Waals surface area contributed by atoms with Gasteiger partial charge in [0.05, 0.1) is 20.4 Å². The molecule has 0 bridgehead atoms.